The number of ether oxygens (including phenoxy) is 3. The third kappa shape index (κ3) is 18.1. The number of carbonyl (C=O) groups excluding carboxylic acids is 4. The molecule has 3 saturated heterocycles. The van der Waals surface area contributed by atoms with Crippen molar-refractivity contribution in [3.8, 4) is 58.3 Å². The lowest BCUT2D eigenvalue weighted by atomic mass is 9.74. The number of nitrogens with zero attached hydrogens (tertiary/aromatic N) is 9. The summed E-state index contributed by atoms with van der Waals surface area (Å²) in [6, 6.07) is 34.7. The number of piperidine rings is 3. The number of fused-ring (bicyclic) bond motifs is 6. The van der Waals surface area contributed by atoms with Crippen LogP contribution in [0.15, 0.2) is 101 Å². The minimum Gasteiger partial charge on any atom is -0.490 e. The van der Waals surface area contributed by atoms with Crippen LogP contribution in [0.5, 0.6) is 17.2 Å². The lowest BCUT2D eigenvalue weighted by molar-refractivity contribution is -0.136. The number of nitrogens with two attached hydrogens (primary N) is 1. The average molecular weight is 1480 g/mol. The molecule has 564 valence electrons. The van der Waals surface area contributed by atoms with Gasteiger partial charge in [-0.1, -0.05) is 100 Å². The van der Waals surface area contributed by atoms with Crippen LogP contribution in [0.1, 0.15) is 183 Å². The minimum atomic E-state index is -1.82. The molecule has 5 aromatic carbocycles. The molecule has 6 aliphatic rings. The van der Waals surface area contributed by atoms with Gasteiger partial charge in [0, 0.05) is 97.5 Å². The molecule has 3 unspecified atom stereocenters. The molecule has 3 aliphatic heterocycles. The molecule has 6 aromatic rings. The molecule has 4 N–H and O–H groups in total. The number of oxime groups is 1. The van der Waals surface area contributed by atoms with Gasteiger partial charge in [0.05, 0.1) is 54.8 Å². The number of aliphatic hydroxyl groups is 1. The topological polar surface area (TPSA) is 313 Å². The van der Waals surface area contributed by atoms with Gasteiger partial charge in [0.1, 0.15) is 29.4 Å². The largest absolute Gasteiger partial charge is 0.490 e. The van der Waals surface area contributed by atoms with Crippen molar-refractivity contribution in [3.63, 3.8) is 0 Å². The first-order valence-corrected chi connectivity index (χ1v) is 42.9. The van der Waals surface area contributed by atoms with Crippen molar-refractivity contribution in [2.24, 2.45) is 10.9 Å². The van der Waals surface area contributed by atoms with Gasteiger partial charge in [0.15, 0.2) is 22.5 Å². The number of rotatable bonds is 19. The molecular formula is C82H106N10O12Si2. The molecule has 4 heterocycles. The van der Waals surface area contributed by atoms with Crippen molar-refractivity contribution in [3.05, 3.63) is 147 Å². The van der Waals surface area contributed by atoms with Crippen LogP contribution in [-0.2, 0) is 63.5 Å². The number of aromatic nitrogens is 2. The van der Waals surface area contributed by atoms with Crippen LogP contribution in [0.25, 0.3) is 22.8 Å². The number of nitriles is 3. The Morgan fingerprint density at radius 3 is 1.54 bits per heavy atom. The molecule has 3 aliphatic carbocycles. The van der Waals surface area contributed by atoms with Gasteiger partial charge in [-0.25, -0.2) is 0 Å². The van der Waals surface area contributed by atoms with E-state index in [-0.39, 0.29) is 68.7 Å². The van der Waals surface area contributed by atoms with Gasteiger partial charge in [-0.2, -0.15) is 20.8 Å². The normalized spacial score (nSPS) is 19.8. The summed E-state index contributed by atoms with van der Waals surface area (Å²) in [6.45, 7) is 35.3. The van der Waals surface area contributed by atoms with Gasteiger partial charge in [0.2, 0.25) is 23.5 Å². The number of amides is 3. The molecule has 3 amide bonds. The molecule has 0 radical (unpaired) electrons. The first-order chi connectivity index (χ1) is 50.2. The summed E-state index contributed by atoms with van der Waals surface area (Å²) in [5, 5.41) is 54.1. The average Bonchev–Trinajstić information content (AvgIpc) is 1.59. The molecule has 22 nitrogen and oxygen atoms in total. The number of hydrogen-bond acceptors (Lipinski definition) is 18. The quantitative estimate of drug-likeness (QED) is 0.0169. The van der Waals surface area contributed by atoms with Crippen LogP contribution in [0.4, 0.5) is 0 Å². The highest BCUT2D eigenvalue weighted by molar-refractivity contribution is 6.74. The van der Waals surface area contributed by atoms with Crippen LogP contribution in [0.2, 0.25) is 36.3 Å². The predicted molar refractivity (Wildman–Crippen MR) is 410 cm³/mol. The number of aliphatic hydroxyl groups excluding tert-OH is 1. The standard InChI is InChI=1S/C27H28N4O4.C22H35N3O3Si.C22H32N2O2Si.C11H11NO3/c1-17(2)34-23-7-6-18(14-19(23)15-28)26-29-25(30-35-26)21-4-3-5-22-20(21)8-10-27(22)11-9-24(33)31(16-27)12-13-32;1-21(2,3)29(4,5)28-14-13-25-15-22(12-10-19(25)26)11-9-16-17(20(23)24-27)7-6-8-18(16)22;1-21(2,3)27(4,5)26-14-13-24-16-22(12-10-20(24)25)11-9-18-17(15-23)7-6-8-19(18)22;1-8(2)15-11-4-3-10(14-7-13)5-9(11)6-12/h3-7,14,17,32H,8-13,16H2,1-2H3;6-8,27H,9-15H2,1-5H3,(H2,23,24);6-8H,9-14,16H2,1-5H3;3-5,7-8H,1-2H3. The molecular weight excluding hydrogens is 1370 g/mol. The maximum absolute atomic E-state index is 12.6. The second-order valence-corrected chi connectivity index (χ2v) is 42.0. The molecule has 3 spiro atoms. The van der Waals surface area contributed by atoms with E-state index in [2.05, 4.69) is 118 Å². The van der Waals surface area contributed by atoms with E-state index >= 15 is 0 Å². The monoisotopic (exact) mass is 1480 g/mol. The molecule has 1 aromatic heterocycles. The van der Waals surface area contributed by atoms with E-state index in [1.807, 2.05) is 86.0 Å². The van der Waals surface area contributed by atoms with Crippen molar-refractivity contribution >= 4 is 46.7 Å². The fourth-order valence-electron chi connectivity index (χ4n) is 15.2. The van der Waals surface area contributed by atoms with Crippen LogP contribution >= 0.6 is 0 Å². The summed E-state index contributed by atoms with van der Waals surface area (Å²) in [5.41, 5.74) is 17.1. The maximum atomic E-state index is 12.6. The second-order valence-electron chi connectivity index (χ2n) is 32.4. The van der Waals surface area contributed by atoms with E-state index in [0.717, 1.165) is 93.1 Å². The lowest BCUT2D eigenvalue weighted by Gasteiger charge is -2.42. The van der Waals surface area contributed by atoms with Crippen LogP contribution in [-0.4, -0.2) is 153 Å². The number of likely N-dealkylation sites (tertiary alicyclic amines) is 3. The number of amidine groups is 1. The zero-order valence-corrected chi connectivity index (χ0v) is 66.3. The molecule has 24 heteroatoms. The Hall–Kier alpha value is -9.23. The summed E-state index contributed by atoms with van der Waals surface area (Å²) < 4.78 is 33.9. The third-order valence-electron chi connectivity index (χ3n) is 22.9. The van der Waals surface area contributed by atoms with E-state index in [0.29, 0.717) is 111 Å². The minimum absolute atomic E-state index is 0.00469. The van der Waals surface area contributed by atoms with E-state index < -0.39 is 16.6 Å². The van der Waals surface area contributed by atoms with Gasteiger partial charge in [-0.3, -0.25) is 19.2 Å². The second kappa shape index (κ2) is 33.7. The SMILES string of the molecule is CC(C)(C)[Si](C)(C)OCCN1CC2(CCC1=O)CCc1c(C#N)cccc12.CC(C)(C)[Si](C)(C)OCCN1CC2(CCC1=O)CCc1c(C(N)=NO)cccc12.CC(C)Oc1ccc(-c2nc(-c3cccc4c3CCC43CCC(=O)N(CCO)C3)no2)cc1C#N.CC(C)Oc1ccc(OC=O)cc1C#N. The highest BCUT2D eigenvalue weighted by Crippen LogP contribution is 2.50. The van der Waals surface area contributed by atoms with Crippen molar-refractivity contribution in [2.75, 3.05) is 59.1 Å². The molecule has 3 atom stereocenters. The van der Waals surface area contributed by atoms with E-state index in [9.17, 15) is 34.8 Å². The van der Waals surface area contributed by atoms with Crippen molar-refractivity contribution in [2.45, 2.75) is 211 Å². The molecule has 0 bridgehead atoms. The number of hydrogen-bond donors (Lipinski definition) is 3. The molecule has 12 rings (SSSR count). The van der Waals surface area contributed by atoms with Gasteiger partial charge in [-0.15, -0.1) is 0 Å². The third-order valence-corrected chi connectivity index (χ3v) is 32.0. The van der Waals surface area contributed by atoms with Crippen LogP contribution in [0, 0.1) is 34.0 Å². The van der Waals surface area contributed by atoms with Gasteiger partial charge < -0.3 is 58.3 Å². The molecule has 106 heavy (non-hydrogen) atoms. The Kier molecular flexibility index (Phi) is 25.7. The number of benzene rings is 5. The number of carbonyl (C=O) groups is 4. The van der Waals surface area contributed by atoms with Crippen LogP contribution in [0.3, 0.4) is 0 Å². The summed E-state index contributed by atoms with van der Waals surface area (Å²) in [4.78, 5) is 58.1. The van der Waals surface area contributed by atoms with Crippen LogP contribution < -0.4 is 19.9 Å². The first kappa shape index (κ1) is 80.9. The molecule has 3 fully saturated rings. The first-order valence-electron chi connectivity index (χ1n) is 37.0. The van der Waals surface area contributed by atoms with Gasteiger partial charge in [-0.05, 0) is 192 Å². The highest BCUT2D eigenvalue weighted by Gasteiger charge is 2.49. The summed E-state index contributed by atoms with van der Waals surface area (Å²) in [5.74, 6) is 2.93. The van der Waals surface area contributed by atoms with E-state index in [1.54, 1.807) is 29.2 Å². The Morgan fingerprint density at radius 2 is 1.06 bits per heavy atom. The Bertz CT molecular complexity index is 4350. The van der Waals surface area contributed by atoms with Crippen molar-refractivity contribution in [1.29, 1.82) is 15.8 Å². The summed E-state index contributed by atoms with van der Waals surface area (Å²) in [7, 11) is -3.62. The maximum Gasteiger partial charge on any atom is 0.298 e. The number of β-amino-alcohol motifs (C(OH)–C–C–N with tert-alkyl or cyclic N) is 1. The fraction of sp³-hybridized carbons (Fsp3) is 0.512. The summed E-state index contributed by atoms with van der Waals surface area (Å²) >= 11 is 0. The smallest absolute Gasteiger partial charge is 0.298 e. The highest BCUT2D eigenvalue weighted by atomic mass is 28.4. The van der Waals surface area contributed by atoms with Crippen molar-refractivity contribution < 1.29 is 57.1 Å². The predicted octanol–water partition coefficient (Wildman–Crippen LogP) is 13.7. The van der Waals surface area contributed by atoms with Gasteiger partial charge >= 0.3 is 0 Å². The van der Waals surface area contributed by atoms with E-state index in [4.69, 9.17) is 39.1 Å². The zero-order valence-electron chi connectivity index (χ0n) is 64.3. The van der Waals surface area contributed by atoms with Gasteiger partial charge in [0.25, 0.3) is 12.4 Å². The Labute approximate surface area is 627 Å². The van der Waals surface area contributed by atoms with Crippen molar-refractivity contribution in [1.82, 2.24) is 24.8 Å². The fourth-order valence-corrected chi connectivity index (χ4v) is 17.2. The Morgan fingerprint density at radius 1 is 0.613 bits per heavy atom. The Balaban J connectivity index is 0.000000169. The lowest BCUT2D eigenvalue weighted by Crippen LogP contribution is -2.50. The molecule has 0 saturated carbocycles. The van der Waals surface area contributed by atoms with E-state index in [1.165, 1.54) is 33.9 Å². The zero-order chi connectivity index (χ0) is 77.2. The summed E-state index contributed by atoms with van der Waals surface area (Å²) in [6.07, 6.45) is 9.86.